The summed E-state index contributed by atoms with van der Waals surface area (Å²) in [7, 11) is 0. The second-order valence-electron chi connectivity index (χ2n) is 3.55. The molecular weight excluding hydrogens is 180 g/mol. The molecule has 1 aliphatic heterocycles. The van der Waals surface area contributed by atoms with Gasteiger partial charge in [-0.15, -0.1) is 11.3 Å². The van der Waals surface area contributed by atoms with Crippen LogP contribution >= 0.6 is 11.3 Å². The third-order valence-corrected chi connectivity index (χ3v) is 3.55. The van der Waals surface area contributed by atoms with Crippen LogP contribution in [0.15, 0.2) is 11.4 Å². The summed E-state index contributed by atoms with van der Waals surface area (Å²) < 4.78 is 0. The minimum absolute atomic E-state index is 1.14. The van der Waals surface area contributed by atoms with Gasteiger partial charge in [0.2, 0.25) is 0 Å². The van der Waals surface area contributed by atoms with Gasteiger partial charge >= 0.3 is 0 Å². The van der Waals surface area contributed by atoms with Gasteiger partial charge in [-0.2, -0.15) is 0 Å². The van der Waals surface area contributed by atoms with Crippen molar-refractivity contribution in [3.05, 3.63) is 21.9 Å². The first-order valence-corrected chi connectivity index (χ1v) is 5.70. The summed E-state index contributed by atoms with van der Waals surface area (Å²) in [4.78, 5) is 4.05. The average Bonchev–Trinajstić information content (AvgIpc) is 2.54. The normalized spacial score (nSPS) is 19.2. The van der Waals surface area contributed by atoms with E-state index in [1.54, 1.807) is 0 Å². The number of thiophene rings is 1. The fourth-order valence-electron chi connectivity index (χ4n) is 1.64. The van der Waals surface area contributed by atoms with Crippen molar-refractivity contribution in [1.29, 1.82) is 0 Å². The first-order valence-electron chi connectivity index (χ1n) is 4.82. The van der Waals surface area contributed by atoms with Crippen molar-refractivity contribution < 1.29 is 0 Å². The van der Waals surface area contributed by atoms with Crippen molar-refractivity contribution in [3.8, 4) is 0 Å². The maximum Gasteiger partial charge on any atom is 0.0331 e. The van der Waals surface area contributed by atoms with Crippen molar-refractivity contribution in [2.75, 3.05) is 26.2 Å². The van der Waals surface area contributed by atoms with E-state index in [9.17, 15) is 0 Å². The molecule has 13 heavy (non-hydrogen) atoms. The Morgan fingerprint density at radius 1 is 1.46 bits per heavy atom. The highest BCUT2D eigenvalue weighted by Gasteiger charge is 2.11. The zero-order chi connectivity index (χ0) is 9.10. The lowest BCUT2D eigenvalue weighted by atomic mass is 10.2. The van der Waals surface area contributed by atoms with Crippen LogP contribution in [0, 0.1) is 6.92 Å². The molecule has 1 aromatic rings. The van der Waals surface area contributed by atoms with Crippen molar-refractivity contribution in [1.82, 2.24) is 10.2 Å². The molecule has 0 unspecified atom stereocenters. The minimum atomic E-state index is 1.14. The van der Waals surface area contributed by atoms with Gasteiger partial charge in [-0.05, 0) is 23.9 Å². The second kappa shape index (κ2) is 4.22. The third-order valence-electron chi connectivity index (χ3n) is 2.54. The molecule has 0 atom stereocenters. The van der Waals surface area contributed by atoms with Crippen LogP contribution in [0.4, 0.5) is 0 Å². The van der Waals surface area contributed by atoms with Crippen LogP contribution in [-0.4, -0.2) is 31.1 Å². The molecule has 3 heteroatoms. The standard InChI is InChI=1S/C10H16N2S/c1-9-2-7-13-10(9)8-12-5-3-11-4-6-12/h2,7,11H,3-6,8H2,1H3. The van der Waals surface area contributed by atoms with E-state index in [1.165, 1.54) is 23.5 Å². The Balaban J connectivity index is 1.93. The number of rotatable bonds is 2. The fraction of sp³-hybridized carbons (Fsp3) is 0.600. The van der Waals surface area contributed by atoms with Crippen molar-refractivity contribution >= 4 is 11.3 Å². The van der Waals surface area contributed by atoms with Gasteiger partial charge in [-0.25, -0.2) is 0 Å². The lowest BCUT2D eigenvalue weighted by molar-refractivity contribution is 0.235. The molecule has 0 saturated carbocycles. The monoisotopic (exact) mass is 196 g/mol. The molecule has 1 saturated heterocycles. The zero-order valence-corrected chi connectivity index (χ0v) is 8.86. The average molecular weight is 196 g/mol. The summed E-state index contributed by atoms with van der Waals surface area (Å²) in [5.74, 6) is 0. The Hall–Kier alpha value is -0.380. The third kappa shape index (κ3) is 2.30. The van der Waals surface area contributed by atoms with E-state index in [1.807, 2.05) is 11.3 Å². The van der Waals surface area contributed by atoms with Crippen LogP contribution in [0.2, 0.25) is 0 Å². The molecule has 2 heterocycles. The molecule has 2 rings (SSSR count). The van der Waals surface area contributed by atoms with Crippen LogP contribution in [0.25, 0.3) is 0 Å². The fourth-order valence-corrected chi connectivity index (χ4v) is 2.59. The van der Waals surface area contributed by atoms with E-state index in [0.29, 0.717) is 0 Å². The topological polar surface area (TPSA) is 15.3 Å². The Labute approximate surface area is 83.6 Å². The predicted molar refractivity (Wildman–Crippen MR) is 57.2 cm³/mol. The van der Waals surface area contributed by atoms with Crippen LogP contribution in [0.1, 0.15) is 10.4 Å². The van der Waals surface area contributed by atoms with Gasteiger partial charge in [0.15, 0.2) is 0 Å². The van der Waals surface area contributed by atoms with Crippen molar-refractivity contribution in [3.63, 3.8) is 0 Å². The Morgan fingerprint density at radius 2 is 2.23 bits per heavy atom. The SMILES string of the molecule is Cc1ccsc1CN1CCNCC1. The number of piperazine rings is 1. The van der Waals surface area contributed by atoms with Gasteiger partial charge in [0, 0.05) is 37.6 Å². The number of aryl methyl sites for hydroxylation is 1. The Bertz CT molecular complexity index is 264. The number of hydrogen-bond donors (Lipinski definition) is 1. The Kier molecular flexibility index (Phi) is 2.98. The molecule has 1 aliphatic rings. The zero-order valence-electron chi connectivity index (χ0n) is 8.05. The van der Waals surface area contributed by atoms with E-state index < -0.39 is 0 Å². The molecule has 0 amide bonds. The molecule has 0 spiro atoms. The highest BCUT2D eigenvalue weighted by Crippen LogP contribution is 2.17. The number of nitrogens with one attached hydrogen (secondary N) is 1. The largest absolute Gasteiger partial charge is 0.314 e. The summed E-state index contributed by atoms with van der Waals surface area (Å²) in [6.45, 7) is 8.02. The molecule has 1 fully saturated rings. The molecular formula is C10H16N2S. The second-order valence-corrected chi connectivity index (χ2v) is 4.55. The predicted octanol–water partition coefficient (Wildman–Crippen LogP) is 1.46. The molecule has 0 radical (unpaired) electrons. The highest BCUT2D eigenvalue weighted by molar-refractivity contribution is 7.10. The Morgan fingerprint density at radius 3 is 2.85 bits per heavy atom. The van der Waals surface area contributed by atoms with Gasteiger partial charge < -0.3 is 5.32 Å². The highest BCUT2D eigenvalue weighted by atomic mass is 32.1. The minimum Gasteiger partial charge on any atom is -0.314 e. The summed E-state index contributed by atoms with van der Waals surface area (Å²) in [6, 6.07) is 2.21. The first kappa shape index (κ1) is 9.19. The summed E-state index contributed by atoms with van der Waals surface area (Å²) >= 11 is 1.88. The maximum atomic E-state index is 3.37. The molecule has 72 valence electrons. The first-order chi connectivity index (χ1) is 6.36. The van der Waals surface area contributed by atoms with Crippen molar-refractivity contribution in [2.45, 2.75) is 13.5 Å². The summed E-state index contributed by atoms with van der Waals surface area (Å²) in [5, 5.41) is 5.56. The van der Waals surface area contributed by atoms with E-state index in [0.717, 1.165) is 19.6 Å². The van der Waals surface area contributed by atoms with E-state index >= 15 is 0 Å². The van der Waals surface area contributed by atoms with Crippen LogP contribution in [0.3, 0.4) is 0 Å². The lowest BCUT2D eigenvalue weighted by Crippen LogP contribution is -2.42. The molecule has 0 aromatic carbocycles. The number of nitrogens with zero attached hydrogens (tertiary/aromatic N) is 1. The van der Waals surface area contributed by atoms with Gasteiger partial charge in [-0.1, -0.05) is 0 Å². The smallest absolute Gasteiger partial charge is 0.0331 e. The van der Waals surface area contributed by atoms with Gasteiger partial charge in [0.1, 0.15) is 0 Å². The van der Waals surface area contributed by atoms with E-state index in [-0.39, 0.29) is 0 Å². The van der Waals surface area contributed by atoms with Crippen LogP contribution in [0.5, 0.6) is 0 Å². The maximum absolute atomic E-state index is 3.37. The van der Waals surface area contributed by atoms with E-state index in [4.69, 9.17) is 0 Å². The summed E-state index contributed by atoms with van der Waals surface area (Å²) in [5.41, 5.74) is 1.45. The number of hydrogen-bond acceptors (Lipinski definition) is 3. The van der Waals surface area contributed by atoms with Gasteiger partial charge in [0.25, 0.3) is 0 Å². The quantitative estimate of drug-likeness (QED) is 0.770. The van der Waals surface area contributed by atoms with Gasteiger partial charge in [0.05, 0.1) is 0 Å². The van der Waals surface area contributed by atoms with Crippen molar-refractivity contribution in [2.24, 2.45) is 0 Å². The molecule has 0 bridgehead atoms. The lowest BCUT2D eigenvalue weighted by Gasteiger charge is -2.26. The van der Waals surface area contributed by atoms with Gasteiger partial charge in [-0.3, -0.25) is 4.90 Å². The van der Waals surface area contributed by atoms with Crippen LogP contribution in [-0.2, 0) is 6.54 Å². The summed E-state index contributed by atoms with van der Waals surface area (Å²) in [6.07, 6.45) is 0. The van der Waals surface area contributed by atoms with Crippen LogP contribution < -0.4 is 5.32 Å². The molecule has 1 aromatic heterocycles. The molecule has 2 nitrogen and oxygen atoms in total. The van der Waals surface area contributed by atoms with E-state index in [2.05, 4.69) is 28.6 Å². The molecule has 0 aliphatic carbocycles. The molecule has 1 N–H and O–H groups in total.